The number of hydrogen-bond acceptors (Lipinski definition) is 6. The first-order valence-corrected chi connectivity index (χ1v) is 17.9. The predicted molar refractivity (Wildman–Crippen MR) is 163 cm³/mol. The summed E-state index contributed by atoms with van der Waals surface area (Å²) in [5, 5.41) is 3.23. The Kier molecular flexibility index (Phi) is 8.21. The largest absolute Gasteiger partial charge is 0.466 e. The molecule has 0 radical (unpaired) electrons. The summed E-state index contributed by atoms with van der Waals surface area (Å²) in [7, 11) is -1.28. The summed E-state index contributed by atoms with van der Waals surface area (Å²) in [4.78, 5) is 30.9. The second kappa shape index (κ2) is 11.8. The maximum atomic E-state index is 13.5. The first kappa shape index (κ1) is 27.8. The minimum atomic E-state index is -1.28. The van der Waals surface area contributed by atoms with Crippen LogP contribution in [0.4, 0.5) is 11.7 Å². The summed E-state index contributed by atoms with van der Waals surface area (Å²) >= 11 is 0. The third kappa shape index (κ3) is 6.70. The SMILES string of the molecule is Cc1ccc2oc(Nc3ccc(-c4ccc(C(=O)[C@@H]5CCCC[C@H]5C(=O)OCC[Si](C)(C)C)cc4)cc3)nc2c1. The van der Waals surface area contributed by atoms with Crippen LogP contribution in [0.15, 0.2) is 71.1 Å². The average Bonchev–Trinajstić information content (AvgIpc) is 3.33. The Morgan fingerprint density at radius 3 is 2.25 bits per heavy atom. The Bertz CT molecular complexity index is 1490. The van der Waals surface area contributed by atoms with E-state index in [1.54, 1.807) is 0 Å². The number of nitrogens with one attached hydrogen (secondary N) is 1. The second-order valence-electron chi connectivity index (χ2n) is 12.1. The third-order valence-electron chi connectivity index (χ3n) is 7.68. The summed E-state index contributed by atoms with van der Waals surface area (Å²) in [6.07, 6.45) is 3.40. The van der Waals surface area contributed by atoms with Gasteiger partial charge in [0.25, 0.3) is 6.01 Å². The van der Waals surface area contributed by atoms with Crippen LogP contribution in [0, 0.1) is 18.8 Å². The fraction of sp³-hybridized carbons (Fsp3) is 0.364. The van der Waals surface area contributed by atoms with Gasteiger partial charge in [0.15, 0.2) is 11.4 Å². The molecule has 0 spiro atoms. The van der Waals surface area contributed by atoms with Crippen LogP contribution in [0.3, 0.4) is 0 Å². The summed E-state index contributed by atoms with van der Waals surface area (Å²) in [5.74, 6) is -0.797. The molecule has 1 aliphatic carbocycles. The van der Waals surface area contributed by atoms with Crippen LogP contribution in [0.5, 0.6) is 0 Å². The number of Topliss-reactive ketones (excluding diaryl/α,β-unsaturated/α-hetero) is 1. The lowest BCUT2D eigenvalue weighted by Crippen LogP contribution is -2.34. The van der Waals surface area contributed by atoms with Crippen molar-refractivity contribution in [1.82, 2.24) is 4.98 Å². The van der Waals surface area contributed by atoms with Gasteiger partial charge in [-0.05, 0) is 66.8 Å². The maximum Gasteiger partial charge on any atom is 0.309 e. The van der Waals surface area contributed by atoms with Gasteiger partial charge < -0.3 is 14.5 Å². The number of carbonyl (C=O) groups is 2. The van der Waals surface area contributed by atoms with Crippen molar-refractivity contribution in [3.8, 4) is 11.1 Å². The Hall–Kier alpha value is -3.71. The number of benzene rings is 3. The van der Waals surface area contributed by atoms with E-state index in [9.17, 15) is 9.59 Å². The molecule has 1 N–H and O–H groups in total. The fourth-order valence-corrected chi connectivity index (χ4v) is 6.01. The standard InChI is InChI=1S/C33H38N2O4Si/c1-22-9-18-30-29(21-22)35-33(39-30)34-26-16-14-24(15-17-26)23-10-12-25(13-11-23)31(36)27-7-5-6-8-28(27)32(37)38-19-20-40(2,3)4/h9-18,21,27-28H,5-8,19-20H2,1-4H3,(H,34,35)/t27-,28-/m1/s1. The lowest BCUT2D eigenvalue weighted by atomic mass is 9.75. The topological polar surface area (TPSA) is 81.4 Å². The van der Waals surface area contributed by atoms with E-state index in [1.807, 2.05) is 73.7 Å². The molecule has 0 unspecified atom stereocenters. The van der Waals surface area contributed by atoms with Crippen molar-refractivity contribution < 1.29 is 18.7 Å². The predicted octanol–water partition coefficient (Wildman–Crippen LogP) is 8.42. The number of ketones is 1. The van der Waals surface area contributed by atoms with Crippen molar-refractivity contribution in [3.05, 3.63) is 77.9 Å². The van der Waals surface area contributed by atoms with Gasteiger partial charge in [-0.15, -0.1) is 0 Å². The second-order valence-corrected chi connectivity index (χ2v) is 17.7. The van der Waals surface area contributed by atoms with Crippen LogP contribution in [0.25, 0.3) is 22.2 Å². The fourth-order valence-electron chi connectivity index (χ4n) is 5.29. The lowest BCUT2D eigenvalue weighted by molar-refractivity contribution is -0.150. The monoisotopic (exact) mass is 554 g/mol. The number of rotatable bonds is 9. The van der Waals surface area contributed by atoms with Gasteiger partial charge in [-0.3, -0.25) is 9.59 Å². The summed E-state index contributed by atoms with van der Waals surface area (Å²) in [6, 6.07) is 23.1. The molecule has 1 saturated carbocycles. The Morgan fingerprint density at radius 1 is 0.925 bits per heavy atom. The minimum absolute atomic E-state index is 0.0477. The molecule has 1 heterocycles. The molecule has 0 amide bonds. The maximum absolute atomic E-state index is 13.5. The van der Waals surface area contributed by atoms with Gasteiger partial charge in [-0.1, -0.05) is 74.9 Å². The van der Waals surface area contributed by atoms with E-state index < -0.39 is 8.07 Å². The number of aryl methyl sites for hydroxylation is 1. The zero-order chi connectivity index (χ0) is 28.3. The van der Waals surface area contributed by atoms with Crippen LogP contribution in [-0.2, 0) is 9.53 Å². The van der Waals surface area contributed by atoms with Crippen LogP contribution >= 0.6 is 0 Å². The van der Waals surface area contributed by atoms with E-state index in [0.717, 1.165) is 65.2 Å². The molecular weight excluding hydrogens is 516 g/mol. The first-order chi connectivity index (χ1) is 19.2. The van der Waals surface area contributed by atoms with E-state index in [2.05, 4.69) is 29.9 Å². The molecular formula is C33H38N2O4Si. The van der Waals surface area contributed by atoms with Crippen LogP contribution in [0.2, 0.25) is 25.7 Å². The average molecular weight is 555 g/mol. The molecule has 1 aromatic heterocycles. The van der Waals surface area contributed by atoms with Crippen LogP contribution < -0.4 is 5.32 Å². The number of carbonyl (C=O) groups excluding carboxylic acids is 2. The Labute approximate surface area is 237 Å². The number of nitrogens with zero attached hydrogens (tertiary/aromatic N) is 1. The molecule has 0 saturated heterocycles. The number of oxazole rings is 1. The van der Waals surface area contributed by atoms with Crippen LogP contribution in [0.1, 0.15) is 41.6 Å². The molecule has 3 aromatic carbocycles. The van der Waals surface area contributed by atoms with Crippen LogP contribution in [-0.4, -0.2) is 31.4 Å². The van der Waals surface area contributed by atoms with Crippen molar-refractivity contribution in [2.75, 3.05) is 11.9 Å². The summed E-state index contributed by atoms with van der Waals surface area (Å²) < 4.78 is 11.4. The number of aromatic nitrogens is 1. The molecule has 7 heteroatoms. The summed E-state index contributed by atoms with van der Waals surface area (Å²) in [6.45, 7) is 9.29. The normalized spacial score (nSPS) is 17.5. The van der Waals surface area contributed by atoms with Gasteiger partial charge in [0, 0.05) is 25.2 Å². The molecule has 2 atom stereocenters. The molecule has 6 nitrogen and oxygen atoms in total. The number of anilines is 2. The number of fused-ring (bicyclic) bond motifs is 1. The molecule has 208 valence electrons. The van der Waals surface area contributed by atoms with E-state index in [4.69, 9.17) is 9.15 Å². The highest BCUT2D eigenvalue weighted by molar-refractivity contribution is 6.76. The van der Waals surface area contributed by atoms with E-state index in [1.165, 1.54) is 0 Å². The van der Waals surface area contributed by atoms with Gasteiger partial charge in [0.05, 0.1) is 12.5 Å². The smallest absolute Gasteiger partial charge is 0.309 e. The van der Waals surface area contributed by atoms with Crippen molar-refractivity contribution >= 4 is 42.6 Å². The summed E-state index contributed by atoms with van der Waals surface area (Å²) in [5.41, 5.74) is 6.30. The quantitative estimate of drug-likeness (QED) is 0.127. The number of ether oxygens (including phenoxy) is 1. The number of hydrogen-bond donors (Lipinski definition) is 1. The molecule has 0 bridgehead atoms. The highest BCUT2D eigenvalue weighted by atomic mass is 28.3. The molecule has 1 aliphatic rings. The molecule has 40 heavy (non-hydrogen) atoms. The lowest BCUT2D eigenvalue weighted by Gasteiger charge is -2.29. The highest BCUT2D eigenvalue weighted by Crippen LogP contribution is 2.34. The van der Waals surface area contributed by atoms with E-state index in [-0.39, 0.29) is 23.6 Å². The van der Waals surface area contributed by atoms with Crippen molar-refractivity contribution in [1.29, 1.82) is 0 Å². The molecule has 5 rings (SSSR count). The first-order valence-electron chi connectivity index (χ1n) is 14.2. The van der Waals surface area contributed by atoms with Crippen molar-refractivity contribution in [3.63, 3.8) is 0 Å². The zero-order valence-electron chi connectivity index (χ0n) is 23.8. The Balaban J connectivity index is 1.22. The number of esters is 1. The van der Waals surface area contributed by atoms with Gasteiger partial charge >= 0.3 is 5.97 Å². The van der Waals surface area contributed by atoms with Gasteiger partial charge in [0.1, 0.15) is 5.52 Å². The molecule has 1 fully saturated rings. The zero-order valence-corrected chi connectivity index (χ0v) is 24.8. The van der Waals surface area contributed by atoms with Crippen molar-refractivity contribution in [2.45, 2.75) is 58.3 Å². The molecule has 0 aliphatic heterocycles. The Morgan fingerprint density at radius 2 is 1.57 bits per heavy atom. The van der Waals surface area contributed by atoms with E-state index in [0.29, 0.717) is 18.2 Å². The van der Waals surface area contributed by atoms with Gasteiger partial charge in [0.2, 0.25) is 0 Å². The minimum Gasteiger partial charge on any atom is -0.466 e. The highest BCUT2D eigenvalue weighted by Gasteiger charge is 2.37. The van der Waals surface area contributed by atoms with Gasteiger partial charge in [-0.2, -0.15) is 4.98 Å². The van der Waals surface area contributed by atoms with Gasteiger partial charge in [-0.25, -0.2) is 0 Å². The van der Waals surface area contributed by atoms with Crippen molar-refractivity contribution in [2.24, 2.45) is 11.8 Å². The van der Waals surface area contributed by atoms with E-state index >= 15 is 0 Å². The molecule has 4 aromatic rings. The third-order valence-corrected chi connectivity index (χ3v) is 9.39.